The number of rotatable bonds is 8. The minimum atomic E-state index is 0.0560. The van der Waals surface area contributed by atoms with Crippen LogP contribution in [0.25, 0.3) is 0 Å². The maximum absolute atomic E-state index is 15.2. The Morgan fingerprint density at radius 1 is 0.875 bits per heavy atom. The fraction of sp³-hybridized carbons (Fsp3) is 0.733. The van der Waals surface area contributed by atoms with Crippen LogP contribution in [0, 0.1) is 17.7 Å². The minimum Gasteiger partial charge on any atom is -0.498 e. The molecule has 1 aromatic carbocycles. The molecule has 2 heteroatoms. The van der Waals surface area contributed by atoms with Crippen LogP contribution < -0.4 is 0 Å². The van der Waals surface area contributed by atoms with Crippen molar-refractivity contribution in [3.8, 4) is 0 Å². The highest BCUT2D eigenvalue weighted by Gasteiger charge is 2.31. The highest BCUT2D eigenvalue weighted by molar-refractivity contribution is 5.30. The molecular formula is C30H45FO. The van der Waals surface area contributed by atoms with E-state index >= 15 is 4.39 Å². The summed E-state index contributed by atoms with van der Waals surface area (Å²) in [5.41, 5.74) is 3.67. The lowest BCUT2D eigenvalue weighted by atomic mass is 9.74. The summed E-state index contributed by atoms with van der Waals surface area (Å²) in [6.45, 7) is 4.49. The summed E-state index contributed by atoms with van der Waals surface area (Å²) < 4.78 is 21.2. The zero-order valence-electron chi connectivity index (χ0n) is 20.6. The Hall–Kier alpha value is -1.31. The Bertz CT molecular complexity index is 737. The zero-order chi connectivity index (χ0) is 22.3. The first-order valence-electron chi connectivity index (χ1n) is 13.8. The molecule has 0 N–H and O–H groups in total. The molecule has 1 aromatic rings. The van der Waals surface area contributed by atoms with Crippen molar-refractivity contribution in [2.45, 2.75) is 128 Å². The molecule has 0 radical (unpaired) electrons. The van der Waals surface area contributed by atoms with E-state index in [4.69, 9.17) is 4.74 Å². The molecule has 4 rings (SSSR count). The van der Waals surface area contributed by atoms with Gasteiger partial charge in [0.15, 0.2) is 0 Å². The van der Waals surface area contributed by atoms with E-state index in [1.165, 1.54) is 88.2 Å². The summed E-state index contributed by atoms with van der Waals surface area (Å²) in [6.07, 6.45) is 21.1. The third-order valence-corrected chi connectivity index (χ3v) is 8.91. The molecule has 1 atom stereocenters. The fourth-order valence-corrected chi connectivity index (χ4v) is 6.64. The largest absolute Gasteiger partial charge is 0.498 e. The molecule has 178 valence electrons. The van der Waals surface area contributed by atoms with Crippen LogP contribution in [0.4, 0.5) is 4.39 Å². The quantitative estimate of drug-likeness (QED) is 0.366. The second kappa shape index (κ2) is 11.7. The molecule has 0 bridgehead atoms. The lowest BCUT2D eigenvalue weighted by Gasteiger charge is -2.35. The molecule has 1 nitrogen and oxygen atoms in total. The number of ether oxygens (including phenoxy) is 1. The lowest BCUT2D eigenvalue weighted by molar-refractivity contribution is 0.0446. The average molecular weight is 441 g/mol. The summed E-state index contributed by atoms with van der Waals surface area (Å²) in [4.78, 5) is 0. The molecular weight excluding hydrogens is 395 g/mol. The van der Waals surface area contributed by atoms with Gasteiger partial charge in [0, 0.05) is 0 Å². The zero-order valence-corrected chi connectivity index (χ0v) is 20.6. The highest BCUT2D eigenvalue weighted by atomic mass is 19.1. The maximum atomic E-state index is 15.2. The standard InChI is InChI=1S/C30H45FO/c1-3-5-6-7-23-8-11-24(12-9-23)27-17-18-28(29(31)20-27)25-13-15-26(16-14-25)30-19-10-22(4-2)21-32-30/h17-18,20-21,23-26,30H,3-16,19H2,1-2H3. The molecule has 0 amide bonds. The van der Waals surface area contributed by atoms with Crippen LogP contribution in [0.2, 0.25) is 0 Å². The van der Waals surface area contributed by atoms with Gasteiger partial charge in [-0.15, -0.1) is 0 Å². The predicted octanol–water partition coefficient (Wildman–Crippen LogP) is 9.43. The van der Waals surface area contributed by atoms with Crippen LogP contribution in [0.1, 0.15) is 133 Å². The molecule has 1 unspecified atom stereocenters. The first kappa shape index (κ1) is 23.8. The van der Waals surface area contributed by atoms with Crippen molar-refractivity contribution in [2.75, 3.05) is 0 Å². The van der Waals surface area contributed by atoms with E-state index in [1.54, 1.807) is 0 Å². The smallest absolute Gasteiger partial charge is 0.126 e. The fourth-order valence-electron chi connectivity index (χ4n) is 6.64. The molecule has 0 aromatic heterocycles. The monoisotopic (exact) mass is 440 g/mol. The van der Waals surface area contributed by atoms with E-state index in [1.807, 2.05) is 12.3 Å². The summed E-state index contributed by atoms with van der Waals surface area (Å²) in [5.74, 6) is 2.58. The molecule has 0 saturated heterocycles. The van der Waals surface area contributed by atoms with Gasteiger partial charge in [0.05, 0.1) is 6.26 Å². The van der Waals surface area contributed by atoms with Crippen LogP contribution in [0.5, 0.6) is 0 Å². The first-order chi connectivity index (χ1) is 15.7. The van der Waals surface area contributed by atoms with Gasteiger partial charge < -0.3 is 4.74 Å². The summed E-state index contributed by atoms with van der Waals surface area (Å²) in [5, 5.41) is 0. The van der Waals surface area contributed by atoms with Crippen molar-refractivity contribution in [1.82, 2.24) is 0 Å². The van der Waals surface area contributed by atoms with Gasteiger partial charge in [-0.25, -0.2) is 4.39 Å². The molecule has 2 fully saturated rings. The molecule has 32 heavy (non-hydrogen) atoms. The number of halogens is 1. The molecule has 1 heterocycles. The number of hydrogen-bond donors (Lipinski definition) is 0. The topological polar surface area (TPSA) is 9.23 Å². The molecule has 2 saturated carbocycles. The van der Waals surface area contributed by atoms with Crippen molar-refractivity contribution in [3.63, 3.8) is 0 Å². The molecule has 3 aliphatic rings. The molecule has 0 spiro atoms. The SMILES string of the molecule is CCCCCC1CCC(c2ccc(C3CCC(C4CCC(CC)=CO4)CC3)c(F)c2)CC1. The highest BCUT2D eigenvalue weighted by Crippen LogP contribution is 2.42. The number of allylic oxidation sites excluding steroid dienone is 1. The Labute approximate surface area is 196 Å². The van der Waals surface area contributed by atoms with E-state index < -0.39 is 0 Å². The second-order valence-electron chi connectivity index (χ2n) is 10.9. The van der Waals surface area contributed by atoms with Gasteiger partial charge in [-0.2, -0.15) is 0 Å². The van der Waals surface area contributed by atoms with Gasteiger partial charge in [-0.1, -0.05) is 51.7 Å². The lowest BCUT2D eigenvalue weighted by Crippen LogP contribution is -2.28. The van der Waals surface area contributed by atoms with Crippen LogP contribution in [0.3, 0.4) is 0 Å². The van der Waals surface area contributed by atoms with Crippen LogP contribution in [0.15, 0.2) is 30.0 Å². The van der Waals surface area contributed by atoms with Crippen molar-refractivity contribution >= 4 is 0 Å². The van der Waals surface area contributed by atoms with Crippen molar-refractivity contribution in [2.24, 2.45) is 11.8 Å². The van der Waals surface area contributed by atoms with Crippen molar-refractivity contribution in [3.05, 3.63) is 47.0 Å². The first-order valence-corrected chi connectivity index (χ1v) is 13.8. The minimum absolute atomic E-state index is 0.0560. The summed E-state index contributed by atoms with van der Waals surface area (Å²) >= 11 is 0. The summed E-state index contributed by atoms with van der Waals surface area (Å²) in [6, 6.07) is 6.29. The Morgan fingerprint density at radius 2 is 1.62 bits per heavy atom. The van der Waals surface area contributed by atoms with Gasteiger partial charge >= 0.3 is 0 Å². The van der Waals surface area contributed by atoms with Crippen molar-refractivity contribution in [1.29, 1.82) is 0 Å². The third kappa shape index (κ3) is 5.97. The predicted molar refractivity (Wildman–Crippen MR) is 132 cm³/mol. The van der Waals surface area contributed by atoms with Gasteiger partial charge in [0.2, 0.25) is 0 Å². The van der Waals surface area contributed by atoms with E-state index in [9.17, 15) is 0 Å². The van der Waals surface area contributed by atoms with Gasteiger partial charge in [0.25, 0.3) is 0 Å². The van der Waals surface area contributed by atoms with E-state index in [0.29, 0.717) is 23.9 Å². The molecule has 1 aliphatic heterocycles. The maximum Gasteiger partial charge on any atom is 0.126 e. The van der Waals surface area contributed by atoms with E-state index in [0.717, 1.165) is 30.7 Å². The molecule has 2 aliphatic carbocycles. The average Bonchev–Trinajstić information content (AvgIpc) is 2.85. The Morgan fingerprint density at radius 3 is 2.25 bits per heavy atom. The normalized spacial score (nSPS) is 31.1. The summed E-state index contributed by atoms with van der Waals surface area (Å²) in [7, 11) is 0. The van der Waals surface area contributed by atoms with Crippen LogP contribution >= 0.6 is 0 Å². The second-order valence-corrected chi connectivity index (χ2v) is 10.9. The van der Waals surface area contributed by atoms with Gasteiger partial charge in [-0.05, 0) is 117 Å². The van der Waals surface area contributed by atoms with E-state index in [-0.39, 0.29) is 5.82 Å². The van der Waals surface area contributed by atoms with Gasteiger partial charge in [-0.3, -0.25) is 0 Å². The number of benzene rings is 1. The van der Waals surface area contributed by atoms with Gasteiger partial charge in [0.1, 0.15) is 11.9 Å². The Balaban J connectivity index is 1.27. The Kier molecular flexibility index (Phi) is 8.72. The number of hydrogen-bond acceptors (Lipinski definition) is 1. The van der Waals surface area contributed by atoms with Crippen LogP contribution in [-0.4, -0.2) is 6.10 Å². The van der Waals surface area contributed by atoms with Crippen LogP contribution in [-0.2, 0) is 4.74 Å². The van der Waals surface area contributed by atoms with Crippen molar-refractivity contribution < 1.29 is 9.13 Å². The number of unbranched alkanes of at least 4 members (excludes halogenated alkanes) is 2. The van der Waals surface area contributed by atoms with E-state index in [2.05, 4.69) is 26.0 Å². The third-order valence-electron chi connectivity index (χ3n) is 8.91.